The van der Waals surface area contributed by atoms with E-state index in [0.717, 1.165) is 5.41 Å². The summed E-state index contributed by atoms with van der Waals surface area (Å²) < 4.78 is 0. The molecule has 46 valence electrons. The molecule has 5 atom stereocenters. The molecule has 0 N–H and O–H groups in total. The Morgan fingerprint density at radius 1 is 1.00 bits per heavy atom. The summed E-state index contributed by atoms with van der Waals surface area (Å²) in [6.07, 6.45) is 3.30. The van der Waals surface area contributed by atoms with E-state index in [0.29, 0.717) is 0 Å². The minimum absolute atomic E-state index is 1.07. The highest BCUT2D eigenvalue weighted by atomic mass is 15.0. The number of rotatable bonds is 0. The molecule has 6 rings (SSSR count). The van der Waals surface area contributed by atoms with Gasteiger partial charge in [0.25, 0.3) is 0 Å². The van der Waals surface area contributed by atoms with Crippen LogP contribution in [0.1, 0.15) is 12.8 Å². The second kappa shape index (κ2) is 0.580. The molecule has 0 heterocycles. The van der Waals surface area contributed by atoms with E-state index in [1.54, 1.807) is 12.8 Å². The molecule has 0 aromatic carbocycles. The molecule has 6 fully saturated rings. The summed E-state index contributed by atoms with van der Waals surface area (Å²) in [6.45, 7) is 0. The molecule has 6 aliphatic carbocycles. The van der Waals surface area contributed by atoms with Crippen molar-refractivity contribution < 1.29 is 0 Å². The predicted molar refractivity (Wildman–Crippen MR) is 32.6 cm³/mol. The quantitative estimate of drug-likeness (QED) is 0.452. The van der Waals surface area contributed by atoms with Crippen molar-refractivity contribution in [3.8, 4) is 0 Å². The predicted octanol–water partition coefficient (Wildman–Crippen LogP) is 1.52. The third-order valence-corrected chi connectivity index (χ3v) is 5.41. The van der Waals surface area contributed by atoms with Crippen LogP contribution >= 0.6 is 0 Å². The maximum absolute atomic E-state index is 1.66. The zero-order valence-electron chi connectivity index (χ0n) is 5.38. The van der Waals surface area contributed by atoms with E-state index < -0.39 is 0 Å². The Labute approximate surface area is 54.6 Å². The lowest BCUT2D eigenvalue weighted by atomic mass is 9.93. The summed E-state index contributed by atoms with van der Waals surface area (Å²) in [5.74, 6) is 7.89. The van der Waals surface area contributed by atoms with Gasteiger partial charge in [0.1, 0.15) is 0 Å². The third-order valence-electron chi connectivity index (χ3n) is 5.41. The van der Waals surface area contributed by atoms with Crippen molar-refractivity contribution in [2.24, 2.45) is 40.9 Å². The highest BCUT2D eigenvalue weighted by Crippen LogP contribution is 3.05. The molecule has 2 bridgehead atoms. The molecule has 1 spiro atoms. The molecule has 0 aromatic heterocycles. The Morgan fingerprint density at radius 3 is 2.56 bits per heavy atom. The summed E-state index contributed by atoms with van der Waals surface area (Å²) in [4.78, 5) is 0. The molecule has 0 amide bonds. The van der Waals surface area contributed by atoms with Gasteiger partial charge in [-0.05, 0) is 53.8 Å². The molecule has 6 saturated carbocycles. The first-order valence-corrected chi connectivity index (χ1v) is 4.46. The monoisotopic (exact) mass is 118 g/mol. The molecule has 0 aliphatic heterocycles. The SMILES string of the molecule is C1CC23C4C1C4C1C2C13. The van der Waals surface area contributed by atoms with Gasteiger partial charge >= 0.3 is 0 Å². The summed E-state index contributed by atoms with van der Waals surface area (Å²) in [7, 11) is 0. The van der Waals surface area contributed by atoms with Crippen LogP contribution in [0.25, 0.3) is 0 Å². The van der Waals surface area contributed by atoms with Crippen LogP contribution in [0.5, 0.6) is 0 Å². The molecule has 0 nitrogen and oxygen atoms in total. The average Bonchev–Trinajstić information content (AvgIpc) is 2.67. The summed E-state index contributed by atoms with van der Waals surface area (Å²) in [5, 5.41) is 0. The first-order valence-electron chi connectivity index (χ1n) is 4.46. The molecule has 0 aromatic rings. The largest absolute Gasteiger partial charge is 0.0493 e. The van der Waals surface area contributed by atoms with Gasteiger partial charge in [-0.2, -0.15) is 0 Å². The standard InChI is InChI=1S/C9H10/c1-2-9-6-3(1)4(6)5-7(9)8(5)9/h3-8H,1-2H2. The van der Waals surface area contributed by atoms with Gasteiger partial charge in [0.05, 0.1) is 0 Å². The fourth-order valence-electron chi connectivity index (χ4n) is 5.35. The minimum Gasteiger partial charge on any atom is -0.0493 e. The van der Waals surface area contributed by atoms with Gasteiger partial charge < -0.3 is 0 Å². The van der Waals surface area contributed by atoms with Crippen LogP contribution in [-0.2, 0) is 0 Å². The van der Waals surface area contributed by atoms with Gasteiger partial charge in [0.2, 0.25) is 0 Å². The first kappa shape index (κ1) is 3.41. The molecule has 0 saturated heterocycles. The van der Waals surface area contributed by atoms with Crippen molar-refractivity contribution in [1.29, 1.82) is 0 Å². The summed E-state index contributed by atoms with van der Waals surface area (Å²) >= 11 is 0. The molecular formula is C9H10. The van der Waals surface area contributed by atoms with Gasteiger partial charge in [-0.15, -0.1) is 0 Å². The molecular weight excluding hydrogens is 108 g/mol. The van der Waals surface area contributed by atoms with Crippen LogP contribution in [0, 0.1) is 40.9 Å². The van der Waals surface area contributed by atoms with E-state index in [1.165, 1.54) is 35.5 Å². The van der Waals surface area contributed by atoms with Gasteiger partial charge in [0.15, 0.2) is 0 Å². The Bertz CT molecular complexity index is 224. The Kier molecular flexibility index (Phi) is 0.220. The first-order chi connectivity index (χ1) is 4.46. The van der Waals surface area contributed by atoms with Crippen LogP contribution < -0.4 is 0 Å². The Balaban J connectivity index is 1.97. The molecule has 0 radical (unpaired) electrons. The summed E-state index contributed by atoms with van der Waals surface area (Å²) in [6, 6.07) is 0. The second-order valence-corrected chi connectivity index (χ2v) is 5.05. The van der Waals surface area contributed by atoms with Gasteiger partial charge in [-0.1, -0.05) is 0 Å². The fraction of sp³-hybridized carbons (Fsp3) is 1.00. The van der Waals surface area contributed by atoms with Crippen LogP contribution in [0.3, 0.4) is 0 Å². The average molecular weight is 118 g/mol. The zero-order chi connectivity index (χ0) is 5.38. The molecule has 9 heavy (non-hydrogen) atoms. The van der Waals surface area contributed by atoms with E-state index in [4.69, 9.17) is 0 Å². The van der Waals surface area contributed by atoms with Crippen LogP contribution in [-0.4, -0.2) is 0 Å². The second-order valence-electron chi connectivity index (χ2n) is 5.05. The molecule has 0 heteroatoms. The minimum atomic E-state index is 1.07. The maximum atomic E-state index is 1.66. The van der Waals surface area contributed by atoms with E-state index in [9.17, 15) is 0 Å². The van der Waals surface area contributed by atoms with Gasteiger partial charge in [-0.3, -0.25) is 0 Å². The molecule has 5 unspecified atom stereocenters. The maximum Gasteiger partial charge on any atom is -0.0195 e. The van der Waals surface area contributed by atoms with Crippen LogP contribution in [0.2, 0.25) is 0 Å². The van der Waals surface area contributed by atoms with Crippen molar-refractivity contribution in [3.05, 3.63) is 0 Å². The van der Waals surface area contributed by atoms with E-state index in [1.807, 2.05) is 0 Å². The normalized spacial score (nSPS) is 98.7. The van der Waals surface area contributed by atoms with Crippen LogP contribution in [0.4, 0.5) is 0 Å². The lowest BCUT2D eigenvalue weighted by molar-refractivity contribution is 0.358. The third kappa shape index (κ3) is 0.136. The lowest BCUT2D eigenvalue weighted by Gasteiger charge is -2.11. The smallest absolute Gasteiger partial charge is 0.0195 e. The summed E-state index contributed by atoms with van der Waals surface area (Å²) in [5.41, 5.74) is 1.07. The fourth-order valence-corrected chi connectivity index (χ4v) is 5.35. The van der Waals surface area contributed by atoms with E-state index in [-0.39, 0.29) is 0 Å². The van der Waals surface area contributed by atoms with Crippen molar-refractivity contribution in [1.82, 2.24) is 0 Å². The van der Waals surface area contributed by atoms with Gasteiger partial charge in [0, 0.05) is 0 Å². The highest BCUT2D eigenvalue weighted by Gasteiger charge is 3.01. The van der Waals surface area contributed by atoms with Crippen LogP contribution in [0.15, 0.2) is 0 Å². The van der Waals surface area contributed by atoms with E-state index >= 15 is 0 Å². The number of hydrogen-bond acceptors (Lipinski definition) is 0. The van der Waals surface area contributed by atoms with Crippen molar-refractivity contribution in [2.75, 3.05) is 0 Å². The van der Waals surface area contributed by atoms with Crippen molar-refractivity contribution in [3.63, 3.8) is 0 Å². The zero-order valence-corrected chi connectivity index (χ0v) is 5.38. The lowest BCUT2D eigenvalue weighted by Crippen LogP contribution is -2.07. The topological polar surface area (TPSA) is 0 Å². The Morgan fingerprint density at radius 2 is 1.89 bits per heavy atom. The van der Waals surface area contributed by atoms with Crippen molar-refractivity contribution >= 4 is 0 Å². The van der Waals surface area contributed by atoms with Gasteiger partial charge in [-0.25, -0.2) is 0 Å². The molecule has 6 aliphatic rings. The highest BCUT2D eigenvalue weighted by molar-refractivity contribution is 5.47. The van der Waals surface area contributed by atoms with E-state index in [2.05, 4.69) is 0 Å². The number of hydrogen-bond donors (Lipinski definition) is 0. The van der Waals surface area contributed by atoms with Crippen molar-refractivity contribution in [2.45, 2.75) is 12.8 Å². The Hall–Kier alpha value is 0.